The first-order chi connectivity index (χ1) is 5.63. The maximum atomic E-state index is 13.6. The second kappa shape index (κ2) is 3.56. The van der Waals surface area contributed by atoms with Gasteiger partial charge in [0.15, 0.2) is 5.67 Å². The highest BCUT2D eigenvalue weighted by molar-refractivity contribution is 9.10. The summed E-state index contributed by atoms with van der Waals surface area (Å²) in [6.07, 6.45) is 0.453. The molecule has 0 aliphatic heterocycles. The Bertz CT molecular complexity index is 303. The Morgan fingerprint density at radius 2 is 1.85 bits per heavy atom. The van der Waals surface area contributed by atoms with Gasteiger partial charge in [0.2, 0.25) is 0 Å². The molecule has 2 N–H and O–H groups in total. The Labute approximate surface area is 91.0 Å². The van der Waals surface area contributed by atoms with Crippen LogP contribution in [-0.4, -0.2) is 6.04 Å². The van der Waals surface area contributed by atoms with Crippen molar-refractivity contribution in [1.82, 2.24) is 0 Å². The SMILES string of the molecule is Cl.NC1CC1(F)c1ccc(Br)cc1. The number of alkyl halides is 1. The van der Waals surface area contributed by atoms with Crippen LogP contribution >= 0.6 is 28.3 Å². The maximum Gasteiger partial charge on any atom is 0.152 e. The van der Waals surface area contributed by atoms with Crippen molar-refractivity contribution >= 4 is 28.3 Å². The van der Waals surface area contributed by atoms with Gasteiger partial charge in [-0.1, -0.05) is 28.1 Å². The largest absolute Gasteiger partial charge is 0.325 e. The molecular formula is C9H10BrClFN. The van der Waals surface area contributed by atoms with Crippen molar-refractivity contribution in [3.8, 4) is 0 Å². The van der Waals surface area contributed by atoms with Crippen LogP contribution in [0.2, 0.25) is 0 Å². The summed E-state index contributed by atoms with van der Waals surface area (Å²) in [5.41, 5.74) is 4.93. The topological polar surface area (TPSA) is 26.0 Å². The number of benzene rings is 1. The van der Waals surface area contributed by atoms with E-state index in [9.17, 15) is 4.39 Å². The monoisotopic (exact) mass is 265 g/mol. The van der Waals surface area contributed by atoms with Crippen LogP contribution in [0.25, 0.3) is 0 Å². The van der Waals surface area contributed by atoms with Gasteiger partial charge in [-0.15, -0.1) is 12.4 Å². The molecule has 0 spiro atoms. The second-order valence-corrected chi connectivity index (χ2v) is 4.10. The summed E-state index contributed by atoms with van der Waals surface area (Å²) in [6, 6.07) is 6.91. The van der Waals surface area contributed by atoms with Crippen molar-refractivity contribution in [3.05, 3.63) is 34.3 Å². The van der Waals surface area contributed by atoms with Gasteiger partial charge in [0.25, 0.3) is 0 Å². The zero-order valence-electron chi connectivity index (χ0n) is 6.84. The van der Waals surface area contributed by atoms with E-state index in [1.54, 1.807) is 12.1 Å². The van der Waals surface area contributed by atoms with Gasteiger partial charge in [-0.25, -0.2) is 4.39 Å². The molecule has 0 saturated heterocycles. The van der Waals surface area contributed by atoms with Gasteiger partial charge < -0.3 is 5.73 Å². The molecule has 4 heteroatoms. The number of rotatable bonds is 1. The summed E-state index contributed by atoms with van der Waals surface area (Å²) in [4.78, 5) is 0. The molecule has 0 aromatic heterocycles. The van der Waals surface area contributed by atoms with Crippen LogP contribution in [0.5, 0.6) is 0 Å². The summed E-state index contributed by atoms with van der Waals surface area (Å²) in [6.45, 7) is 0. The predicted octanol–water partition coefficient (Wildman–Crippen LogP) is 2.77. The fourth-order valence-electron chi connectivity index (χ4n) is 1.32. The molecule has 2 unspecified atom stereocenters. The average Bonchev–Trinajstić information content (AvgIpc) is 2.62. The maximum absolute atomic E-state index is 13.6. The summed E-state index contributed by atoms with van der Waals surface area (Å²) in [5, 5.41) is 0. The van der Waals surface area contributed by atoms with Gasteiger partial charge in [0, 0.05) is 16.9 Å². The molecule has 72 valence electrons. The van der Waals surface area contributed by atoms with E-state index < -0.39 is 5.67 Å². The first-order valence-corrected chi connectivity index (χ1v) is 4.63. The van der Waals surface area contributed by atoms with Crippen molar-refractivity contribution in [2.24, 2.45) is 5.73 Å². The lowest BCUT2D eigenvalue weighted by Crippen LogP contribution is -2.12. The molecule has 0 heterocycles. The Kier molecular flexibility index (Phi) is 3.00. The second-order valence-electron chi connectivity index (χ2n) is 3.18. The Balaban J connectivity index is 0.000000845. The molecule has 2 rings (SSSR count). The number of hydrogen-bond acceptors (Lipinski definition) is 1. The molecule has 1 aliphatic rings. The van der Waals surface area contributed by atoms with Crippen molar-refractivity contribution in [2.75, 3.05) is 0 Å². The van der Waals surface area contributed by atoms with Crippen LogP contribution in [0.4, 0.5) is 4.39 Å². The normalized spacial score (nSPS) is 30.8. The van der Waals surface area contributed by atoms with Crippen molar-refractivity contribution < 1.29 is 4.39 Å². The fraction of sp³-hybridized carbons (Fsp3) is 0.333. The van der Waals surface area contributed by atoms with E-state index in [1.165, 1.54) is 0 Å². The highest BCUT2D eigenvalue weighted by Gasteiger charge is 2.54. The molecule has 1 aromatic carbocycles. The molecule has 0 amide bonds. The molecular weight excluding hydrogens is 256 g/mol. The Morgan fingerprint density at radius 3 is 2.23 bits per heavy atom. The van der Waals surface area contributed by atoms with Gasteiger partial charge >= 0.3 is 0 Å². The number of hydrogen-bond donors (Lipinski definition) is 1. The first kappa shape index (κ1) is 11.0. The quantitative estimate of drug-likeness (QED) is 0.831. The highest BCUT2D eigenvalue weighted by Crippen LogP contribution is 2.48. The number of nitrogens with two attached hydrogens (primary N) is 1. The van der Waals surface area contributed by atoms with Crippen LogP contribution < -0.4 is 5.73 Å². The van der Waals surface area contributed by atoms with E-state index in [1.807, 2.05) is 12.1 Å². The summed E-state index contributed by atoms with van der Waals surface area (Å²) >= 11 is 3.29. The minimum Gasteiger partial charge on any atom is -0.325 e. The molecule has 1 aliphatic carbocycles. The third-order valence-corrected chi connectivity index (χ3v) is 2.80. The van der Waals surface area contributed by atoms with E-state index in [-0.39, 0.29) is 18.4 Å². The molecule has 2 atom stereocenters. The van der Waals surface area contributed by atoms with Crippen LogP contribution in [-0.2, 0) is 5.67 Å². The Morgan fingerprint density at radius 1 is 1.38 bits per heavy atom. The van der Waals surface area contributed by atoms with Crippen LogP contribution in [0.15, 0.2) is 28.7 Å². The molecule has 0 radical (unpaired) electrons. The summed E-state index contributed by atoms with van der Waals surface area (Å²) in [7, 11) is 0. The van der Waals surface area contributed by atoms with Crippen LogP contribution in [0.1, 0.15) is 12.0 Å². The van der Waals surface area contributed by atoms with E-state index in [2.05, 4.69) is 15.9 Å². The van der Waals surface area contributed by atoms with Gasteiger partial charge in [-0.05, 0) is 17.7 Å². The van der Waals surface area contributed by atoms with E-state index in [0.29, 0.717) is 12.0 Å². The van der Waals surface area contributed by atoms with Gasteiger partial charge in [0.1, 0.15) is 0 Å². The van der Waals surface area contributed by atoms with E-state index in [0.717, 1.165) is 4.47 Å². The third-order valence-electron chi connectivity index (χ3n) is 2.27. The van der Waals surface area contributed by atoms with Crippen molar-refractivity contribution in [3.63, 3.8) is 0 Å². The van der Waals surface area contributed by atoms with Crippen LogP contribution in [0, 0.1) is 0 Å². The zero-order valence-corrected chi connectivity index (χ0v) is 9.24. The van der Waals surface area contributed by atoms with Crippen molar-refractivity contribution in [2.45, 2.75) is 18.1 Å². The first-order valence-electron chi connectivity index (χ1n) is 3.83. The predicted molar refractivity (Wildman–Crippen MR) is 56.8 cm³/mol. The van der Waals surface area contributed by atoms with Crippen LogP contribution in [0.3, 0.4) is 0 Å². The minimum absolute atomic E-state index is 0. The third kappa shape index (κ3) is 1.87. The summed E-state index contributed by atoms with van der Waals surface area (Å²) < 4.78 is 14.6. The lowest BCUT2D eigenvalue weighted by atomic mass is 10.1. The molecule has 1 saturated carbocycles. The molecule has 1 fully saturated rings. The molecule has 1 aromatic rings. The van der Waals surface area contributed by atoms with Gasteiger partial charge in [-0.3, -0.25) is 0 Å². The molecule has 13 heavy (non-hydrogen) atoms. The molecule has 0 bridgehead atoms. The van der Waals surface area contributed by atoms with Gasteiger partial charge in [0.05, 0.1) is 0 Å². The number of halogens is 3. The highest BCUT2D eigenvalue weighted by atomic mass is 79.9. The van der Waals surface area contributed by atoms with Crippen molar-refractivity contribution in [1.29, 1.82) is 0 Å². The Hall–Kier alpha value is -0.120. The minimum atomic E-state index is -1.25. The smallest absolute Gasteiger partial charge is 0.152 e. The zero-order chi connectivity index (χ0) is 8.77. The van der Waals surface area contributed by atoms with E-state index in [4.69, 9.17) is 5.73 Å². The average molecular weight is 267 g/mol. The van der Waals surface area contributed by atoms with Gasteiger partial charge in [-0.2, -0.15) is 0 Å². The standard InChI is InChI=1S/C9H9BrFN.ClH/c10-7-3-1-6(2-4-7)9(11)5-8(9)12;/h1-4,8H,5,12H2;1H. The lowest BCUT2D eigenvalue weighted by molar-refractivity contribution is 0.306. The summed E-state index contributed by atoms with van der Waals surface area (Å²) in [5.74, 6) is 0. The molecule has 1 nitrogen and oxygen atoms in total. The lowest BCUT2D eigenvalue weighted by Gasteiger charge is -2.05. The van der Waals surface area contributed by atoms with E-state index >= 15 is 0 Å². The fourth-order valence-corrected chi connectivity index (χ4v) is 1.58.